The number of aryl methyl sites for hydroxylation is 1. The number of nitrogens with one attached hydrogen (secondary N) is 2. The summed E-state index contributed by atoms with van der Waals surface area (Å²) in [6, 6.07) is 3.04. The van der Waals surface area contributed by atoms with Crippen molar-refractivity contribution < 1.29 is 17.9 Å². The lowest BCUT2D eigenvalue weighted by Crippen LogP contribution is -2.36. The molecule has 0 amide bonds. The predicted molar refractivity (Wildman–Crippen MR) is 89.7 cm³/mol. The molecule has 2 aromatic heterocycles. The van der Waals surface area contributed by atoms with E-state index in [4.69, 9.17) is 0 Å². The van der Waals surface area contributed by atoms with Gasteiger partial charge in [0.25, 0.3) is 0 Å². The Labute approximate surface area is 147 Å². The Balaban J connectivity index is 1.78. The molecule has 2 aromatic rings. The van der Waals surface area contributed by atoms with E-state index < -0.39 is 12.8 Å². The van der Waals surface area contributed by atoms with Crippen LogP contribution in [-0.4, -0.2) is 35.8 Å². The summed E-state index contributed by atoms with van der Waals surface area (Å²) in [5, 5.41) is 7.18. The van der Waals surface area contributed by atoms with Crippen molar-refractivity contribution in [3.05, 3.63) is 40.0 Å². The minimum atomic E-state index is -4.38. The van der Waals surface area contributed by atoms with E-state index in [2.05, 4.69) is 30.3 Å². The van der Waals surface area contributed by atoms with E-state index in [1.54, 1.807) is 24.5 Å². The predicted octanol–water partition coefficient (Wildman–Crippen LogP) is 2.65. The molecular formula is C15H18F3N5OS. The fourth-order valence-electron chi connectivity index (χ4n) is 1.81. The fourth-order valence-corrected chi connectivity index (χ4v) is 2.53. The van der Waals surface area contributed by atoms with Gasteiger partial charge in [-0.15, -0.1) is 11.3 Å². The number of rotatable bonds is 6. The normalized spacial score (nSPS) is 12.1. The van der Waals surface area contributed by atoms with Crippen LogP contribution >= 0.6 is 11.3 Å². The third-order valence-corrected chi connectivity index (χ3v) is 3.85. The minimum Gasteiger partial charge on any atom is -0.468 e. The number of hydrogen-bond donors (Lipinski definition) is 2. The van der Waals surface area contributed by atoms with Crippen molar-refractivity contribution >= 4 is 17.3 Å². The Morgan fingerprint density at radius 2 is 1.96 bits per heavy atom. The molecule has 0 saturated carbocycles. The molecule has 0 aromatic carbocycles. The molecule has 6 nitrogen and oxygen atoms in total. The van der Waals surface area contributed by atoms with Crippen molar-refractivity contribution in [2.75, 3.05) is 13.7 Å². The van der Waals surface area contributed by atoms with Gasteiger partial charge in [-0.3, -0.25) is 4.99 Å². The van der Waals surface area contributed by atoms with Gasteiger partial charge in [0, 0.05) is 36.9 Å². The molecule has 0 spiro atoms. The first-order chi connectivity index (χ1) is 11.9. The van der Waals surface area contributed by atoms with Gasteiger partial charge in [0.2, 0.25) is 5.88 Å². The molecule has 136 valence electrons. The standard InChI is InChI=1S/C15H18F3N5OS/c1-10-5-21-13(25-10)8-23-14(19-2)22-7-11-3-4-12(20-6-11)24-9-15(16,17)18/h3-6H,7-9H2,1-2H3,(H2,19,22,23). The zero-order chi connectivity index (χ0) is 18.3. The maximum Gasteiger partial charge on any atom is 0.422 e. The highest BCUT2D eigenvalue weighted by atomic mass is 32.1. The van der Waals surface area contributed by atoms with Crippen LogP contribution in [-0.2, 0) is 13.1 Å². The number of aliphatic imine (C=N–C) groups is 1. The lowest BCUT2D eigenvalue weighted by atomic mass is 10.3. The summed E-state index contributed by atoms with van der Waals surface area (Å²) in [6.07, 6.45) is -1.11. The van der Waals surface area contributed by atoms with Crippen LogP contribution in [0.1, 0.15) is 15.4 Å². The van der Waals surface area contributed by atoms with Gasteiger partial charge in [-0.05, 0) is 12.5 Å². The van der Waals surface area contributed by atoms with Gasteiger partial charge in [0.1, 0.15) is 5.01 Å². The number of alkyl halides is 3. The van der Waals surface area contributed by atoms with E-state index in [0.717, 1.165) is 15.4 Å². The number of pyridine rings is 1. The molecule has 2 heterocycles. The maximum atomic E-state index is 12.1. The molecule has 0 aliphatic heterocycles. The second-order valence-electron chi connectivity index (χ2n) is 5.05. The first-order valence-corrected chi connectivity index (χ1v) is 8.17. The largest absolute Gasteiger partial charge is 0.468 e. The highest BCUT2D eigenvalue weighted by molar-refractivity contribution is 7.11. The number of ether oxygens (including phenoxy) is 1. The monoisotopic (exact) mass is 373 g/mol. The van der Waals surface area contributed by atoms with E-state index in [1.165, 1.54) is 12.3 Å². The lowest BCUT2D eigenvalue weighted by Gasteiger charge is -2.11. The van der Waals surface area contributed by atoms with Gasteiger partial charge in [-0.2, -0.15) is 13.2 Å². The first kappa shape index (κ1) is 19.0. The molecule has 0 saturated heterocycles. The molecular weight excluding hydrogens is 355 g/mol. The van der Waals surface area contributed by atoms with E-state index in [9.17, 15) is 13.2 Å². The van der Waals surface area contributed by atoms with E-state index in [0.29, 0.717) is 19.0 Å². The third kappa shape index (κ3) is 6.96. The minimum absolute atomic E-state index is 0.0669. The van der Waals surface area contributed by atoms with Gasteiger partial charge in [-0.1, -0.05) is 6.07 Å². The molecule has 25 heavy (non-hydrogen) atoms. The Morgan fingerprint density at radius 3 is 2.52 bits per heavy atom. The summed E-state index contributed by atoms with van der Waals surface area (Å²) in [4.78, 5) is 13.3. The van der Waals surface area contributed by atoms with Crippen molar-refractivity contribution in [2.24, 2.45) is 4.99 Å². The molecule has 0 unspecified atom stereocenters. The smallest absolute Gasteiger partial charge is 0.422 e. The number of thiazole rings is 1. The molecule has 10 heteroatoms. The molecule has 0 aliphatic carbocycles. The summed E-state index contributed by atoms with van der Waals surface area (Å²) in [6.45, 7) is 1.61. The SMILES string of the molecule is CN=C(NCc1ccc(OCC(F)(F)F)nc1)NCc1ncc(C)s1. The second kappa shape index (κ2) is 8.65. The summed E-state index contributed by atoms with van der Waals surface area (Å²) in [5.41, 5.74) is 0.785. The van der Waals surface area contributed by atoms with Crippen LogP contribution in [0.3, 0.4) is 0 Å². The van der Waals surface area contributed by atoms with Crippen LogP contribution in [0.15, 0.2) is 29.5 Å². The van der Waals surface area contributed by atoms with Crippen molar-refractivity contribution in [3.8, 4) is 5.88 Å². The van der Waals surface area contributed by atoms with Gasteiger partial charge in [0.15, 0.2) is 12.6 Å². The van der Waals surface area contributed by atoms with E-state index >= 15 is 0 Å². The summed E-state index contributed by atoms with van der Waals surface area (Å²) in [7, 11) is 1.65. The van der Waals surface area contributed by atoms with Crippen molar-refractivity contribution in [2.45, 2.75) is 26.2 Å². The van der Waals surface area contributed by atoms with Crippen LogP contribution in [0.25, 0.3) is 0 Å². The Morgan fingerprint density at radius 1 is 1.20 bits per heavy atom. The van der Waals surface area contributed by atoms with Crippen LogP contribution < -0.4 is 15.4 Å². The quantitative estimate of drug-likeness (QED) is 0.602. The zero-order valence-corrected chi connectivity index (χ0v) is 14.5. The Kier molecular flexibility index (Phi) is 6.57. The number of hydrogen-bond acceptors (Lipinski definition) is 5. The molecule has 2 rings (SSSR count). The highest BCUT2D eigenvalue weighted by Gasteiger charge is 2.28. The number of nitrogens with zero attached hydrogens (tertiary/aromatic N) is 3. The maximum absolute atomic E-state index is 12.1. The summed E-state index contributed by atoms with van der Waals surface area (Å²) < 4.78 is 40.8. The zero-order valence-electron chi connectivity index (χ0n) is 13.7. The molecule has 0 atom stereocenters. The van der Waals surface area contributed by atoms with Gasteiger partial charge < -0.3 is 15.4 Å². The van der Waals surface area contributed by atoms with Crippen LogP contribution in [0.5, 0.6) is 5.88 Å². The van der Waals surface area contributed by atoms with Crippen molar-refractivity contribution in [1.29, 1.82) is 0 Å². The van der Waals surface area contributed by atoms with Gasteiger partial charge >= 0.3 is 6.18 Å². The molecule has 0 aliphatic rings. The lowest BCUT2D eigenvalue weighted by molar-refractivity contribution is -0.154. The first-order valence-electron chi connectivity index (χ1n) is 7.36. The highest BCUT2D eigenvalue weighted by Crippen LogP contribution is 2.17. The van der Waals surface area contributed by atoms with Crippen LogP contribution in [0, 0.1) is 6.92 Å². The van der Waals surface area contributed by atoms with Crippen LogP contribution in [0.4, 0.5) is 13.2 Å². The molecule has 2 N–H and O–H groups in total. The van der Waals surface area contributed by atoms with Crippen LogP contribution in [0.2, 0.25) is 0 Å². The average Bonchev–Trinajstić information content (AvgIpc) is 2.99. The third-order valence-electron chi connectivity index (χ3n) is 2.94. The number of guanidine groups is 1. The van der Waals surface area contributed by atoms with E-state index in [-0.39, 0.29) is 5.88 Å². The summed E-state index contributed by atoms with van der Waals surface area (Å²) in [5.74, 6) is 0.521. The van der Waals surface area contributed by atoms with Crippen molar-refractivity contribution in [1.82, 2.24) is 20.6 Å². The fraction of sp³-hybridized carbons (Fsp3) is 0.400. The van der Waals surface area contributed by atoms with E-state index in [1.807, 2.05) is 13.1 Å². The molecule has 0 fully saturated rings. The Hall–Kier alpha value is -2.36. The Bertz CT molecular complexity index is 700. The summed E-state index contributed by atoms with van der Waals surface area (Å²) >= 11 is 1.60. The van der Waals surface area contributed by atoms with Gasteiger partial charge in [-0.25, -0.2) is 9.97 Å². The second-order valence-corrected chi connectivity index (χ2v) is 6.37. The number of aromatic nitrogens is 2. The topological polar surface area (TPSA) is 71.4 Å². The molecule has 0 radical (unpaired) electrons. The van der Waals surface area contributed by atoms with Gasteiger partial charge in [0.05, 0.1) is 6.54 Å². The number of halogens is 3. The molecule has 0 bridgehead atoms. The van der Waals surface area contributed by atoms with Crippen molar-refractivity contribution in [3.63, 3.8) is 0 Å². The average molecular weight is 373 g/mol.